The first-order valence-corrected chi connectivity index (χ1v) is 5.03. The lowest BCUT2D eigenvalue weighted by Gasteiger charge is -2.22. The Kier molecular flexibility index (Phi) is 2.59. The molecule has 1 unspecified atom stereocenters. The van der Waals surface area contributed by atoms with Gasteiger partial charge in [0, 0.05) is 6.54 Å². The molecule has 0 radical (unpaired) electrons. The van der Waals surface area contributed by atoms with Crippen LogP contribution in [0.15, 0.2) is 6.33 Å². The Morgan fingerprint density at radius 1 is 1.69 bits per heavy atom. The molecular weight excluding hydrogens is 164 g/mol. The van der Waals surface area contributed by atoms with Crippen molar-refractivity contribution < 1.29 is 0 Å². The minimum absolute atomic E-state index is 0.427. The molecule has 1 aliphatic heterocycles. The van der Waals surface area contributed by atoms with Crippen LogP contribution < -0.4 is 5.32 Å². The van der Waals surface area contributed by atoms with Gasteiger partial charge in [-0.1, -0.05) is 6.92 Å². The monoisotopic (exact) mass is 180 g/mol. The fourth-order valence-electron chi connectivity index (χ4n) is 1.80. The second-order valence-electron chi connectivity index (χ2n) is 3.49. The highest BCUT2D eigenvalue weighted by atomic mass is 15.3. The summed E-state index contributed by atoms with van der Waals surface area (Å²) in [6.45, 7) is 4.28. The molecule has 1 aromatic heterocycles. The molecule has 2 heterocycles. The Bertz CT molecular complexity index is 268. The number of fused-ring (bicyclic) bond motifs is 1. The summed E-state index contributed by atoms with van der Waals surface area (Å²) in [5, 5.41) is 7.67. The van der Waals surface area contributed by atoms with Crippen LogP contribution in [0, 0.1) is 0 Å². The Labute approximate surface area is 78.4 Å². The zero-order valence-electron chi connectivity index (χ0n) is 8.03. The number of aromatic nitrogens is 3. The zero-order chi connectivity index (χ0) is 9.10. The molecule has 4 heteroatoms. The van der Waals surface area contributed by atoms with Gasteiger partial charge in [-0.3, -0.25) is 0 Å². The molecule has 0 saturated carbocycles. The van der Waals surface area contributed by atoms with Crippen LogP contribution in [0.4, 0.5) is 0 Å². The van der Waals surface area contributed by atoms with Crippen LogP contribution in [0.1, 0.15) is 38.1 Å². The van der Waals surface area contributed by atoms with Crippen LogP contribution in [0.25, 0.3) is 0 Å². The zero-order valence-corrected chi connectivity index (χ0v) is 8.03. The molecule has 2 rings (SSSR count). The van der Waals surface area contributed by atoms with Gasteiger partial charge in [-0.15, -0.1) is 0 Å². The first-order valence-electron chi connectivity index (χ1n) is 5.03. The number of nitrogens with zero attached hydrogens (tertiary/aromatic N) is 3. The first kappa shape index (κ1) is 8.69. The summed E-state index contributed by atoms with van der Waals surface area (Å²) in [6.07, 6.45) is 5.22. The minimum atomic E-state index is 0.427. The number of hydrogen-bond acceptors (Lipinski definition) is 3. The van der Waals surface area contributed by atoms with Crippen molar-refractivity contribution in [1.29, 1.82) is 0 Å². The van der Waals surface area contributed by atoms with E-state index in [1.807, 2.05) is 4.68 Å². The summed E-state index contributed by atoms with van der Waals surface area (Å²) < 4.78 is 2.01. The molecule has 0 saturated heterocycles. The highest BCUT2D eigenvalue weighted by Crippen LogP contribution is 2.21. The van der Waals surface area contributed by atoms with Crippen molar-refractivity contribution in [3.63, 3.8) is 0 Å². The van der Waals surface area contributed by atoms with Gasteiger partial charge in [0.05, 0.1) is 6.04 Å². The van der Waals surface area contributed by atoms with E-state index in [0.717, 1.165) is 18.9 Å². The number of rotatable bonds is 3. The van der Waals surface area contributed by atoms with Crippen molar-refractivity contribution in [3.05, 3.63) is 12.2 Å². The van der Waals surface area contributed by atoms with E-state index in [2.05, 4.69) is 22.3 Å². The largest absolute Gasteiger partial charge is 0.307 e. The molecule has 0 aromatic carbocycles. The topological polar surface area (TPSA) is 42.7 Å². The van der Waals surface area contributed by atoms with Crippen LogP contribution in [-0.4, -0.2) is 21.3 Å². The summed E-state index contributed by atoms with van der Waals surface area (Å²) in [7, 11) is 0. The van der Waals surface area contributed by atoms with E-state index in [1.54, 1.807) is 6.33 Å². The highest BCUT2D eigenvalue weighted by molar-refractivity contribution is 4.97. The maximum Gasteiger partial charge on any atom is 0.143 e. The number of hydrogen-bond donors (Lipinski definition) is 1. The van der Waals surface area contributed by atoms with Crippen molar-refractivity contribution in [2.45, 2.75) is 38.8 Å². The van der Waals surface area contributed by atoms with Crippen LogP contribution in [0.3, 0.4) is 0 Å². The van der Waals surface area contributed by atoms with Gasteiger partial charge >= 0.3 is 0 Å². The molecule has 0 spiro atoms. The van der Waals surface area contributed by atoms with E-state index in [9.17, 15) is 0 Å². The lowest BCUT2D eigenvalue weighted by molar-refractivity contribution is 0.368. The van der Waals surface area contributed by atoms with Crippen molar-refractivity contribution in [2.24, 2.45) is 0 Å². The molecule has 0 bridgehead atoms. The van der Waals surface area contributed by atoms with Crippen molar-refractivity contribution in [1.82, 2.24) is 20.1 Å². The second kappa shape index (κ2) is 3.87. The molecule has 1 aliphatic rings. The molecule has 1 atom stereocenters. The van der Waals surface area contributed by atoms with E-state index in [4.69, 9.17) is 0 Å². The Morgan fingerprint density at radius 3 is 3.46 bits per heavy atom. The number of aryl methyl sites for hydroxylation is 1. The lowest BCUT2D eigenvalue weighted by Crippen LogP contribution is -2.29. The van der Waals surface area contributed by atoms with Crippen molar-refractivity contribution >= 4 is 0 Å². The van der Waals surface area contributed by atoms with Crippen LogP contribution in [0.2, 0.25) is 0 Å². The molecule has 1 N–H and O–H groups in total. The maximum atomic E-state index is 4.28. The Morgan fingerprint density at radius 2 is 2.62 bits per heavy atom. The van der Waals surface area contributed by atoms with E-state index in [-0.39, 0.29) is 0 Å². The second-order valence-corrected chi connectivity index (χ2v) is 3.49. The molecular formula is C9H16N4. The van der Waals surface area contributed by atoms with Gasteiger partial charge in [0.25, 0.3) is 0 Å². The molecule has 0 fully saturated rings. The average Bonchev–Trinajstić information content (AvgIpc) is 2.62. The third kappa shape index (κ3) is 1.72. The van der Waals surface area contributed by atoms with Gasteiger partial charge in [-0.2, -0.15) is 5.10 Å². The quantitative estimate of drug-likeness (QED) is 0.757. The third-order valence-electron chi connectivity index (χ3n) is 2.46. The predicted molar refractivity (Wildman–Crippen MR) is 50.3 cm³/mol. The van der Waals surface area contributed by atoms with E-state index in [1.165, 1.54) is 19.3 Å². The summed E-state index contributed by atoms with van der Waals surface area (Å²) in [4.78, 5) is 4.28. The minimum Gasteiger partial charge on any atom is -0.307 e. The van der Waals surface area contributed by atoms with E-state index < -0.39 is 0 Å². The summed E-state index contributed by atoms with van der Waals surface area (Å²) >= 11 is 0. The standard InChI is InChI=1S/C9H16N4/c1-2-5-10-8-4-3-6-13-9(8)11-7-12-13/h7-8,10H,2-6H2,1H3. The van der Waals surface area contributed by atoms with E-state index >= 15 is 0 Å². The average molecular weight is 180 g/mol. The van der Waals surface area contributed by atoms with Gasteiger partial charge in [0.15, 0.2) is 0 Å². The molecule has 4 nitrogen and oxygen atoms in total. The van der Waals surface area contributed by atoms with Crippen molar-refractivity contribution in [3.8, 4) is 0 Å². The fraction of sp³-hybridized carbons (Fsp3) is 0.778. The third-order valence-corrected chi connectivity index (χ3v) is 2.46. The highest BCUT2D eigenvalue weighted by Gasteiger charge is 2.20. The van der Waals surface area contributed by atoms with Crippen molar-refractivity contribution in [2.75, 3.05) is 6.54 Å². The number of nitrogens with one attached hydrogen (secondary N) is 1. The van der Waals surface area contributed by atoms with Crippen LogP contribution in [-0.2, 0) is 6.54 Å². The molecule has 72 valence electrons. The van der Waals surface area contributed by atoms with Crippen LogP contribution in [0.5, 0.6) is 0 Å². The molecule has 13 heavy (non-hydrogen) atoms. The Hall–Kier alpha value is -0.900. The SMILES string of the molecule is CCCNC1CCCn2ncnc21. The van der Waals surface area contributed by atoms with Crippen LogP contribution >= 0.6 is 0 Å². The van der Waals surface area contributed by atoms with Gasteiger partial charge < -0.3 is 5.32 Å². The maximum absolute atomic E-state index is 4.28. The molecule has 0 aliphatic carbocycles. The summed E-state index contributed by atoms with van der Waals surface area (Å²) in [5.74, 6) is 1.11. The van der Waals surface area contributed by atoms with Gasteiger partial charge in [0.2, 0.25) is 0 Å². The lowest BCUT2D eigenvalue weighted by atomic mass is 10.1. The molecule has 1 aromatic rings. The first-order chi connectivity index (χ1) is 6.42. The smallest absolute Gasteiger partial charge is 0.143 e. The van der Waals surface area contributed by atoms with Gasteiger partial charge in [-0.25, -0.2) is 9.67 Å². The van der Waals surface area contributed by atoms with E-state index in [0.29, 0.717) is 6.04 Å². The van der Waals surface area contributed by atoms with Gasteiger partial charge in [0.1, 0.15) is 12.2 Å². The Balaban J connectivity index is 2.07. The van der Waals surface area contributed by atoms with Gasteiger partial charge in [-0.05, 0) is 25.8 Å². The summed E-state index contributed by atoms with van der Waals surface area (Å²) in [6, 6.07) is 0.427. The molecule has 0 amide bonds. The summed E-state index contributed by atoms with van der Waals surface area (Å²) in [5.41, 5.74) is 0. The predicted octanol–water partition coefficient (Wildman–Crippen LogP) is 1.11. The fourth-order valence-corrected chi connectivity index (χ4v) is 1.80. The normalized spacial score (nSPS) is 21.5.